The number of thioether (sulfide) groups is 1. The molecule has 130 valence electrons. The Morgan fingerprint density at radius 1 is 1.20 bits per heavy atom. The van der Waals surface area contributed by atoms with E-state index in [1.165, 1.54) is 11.8 Å². The number of ketones is 1. The van der Waals surface area contributed by atoms with Gasteiger partial charge in [-0.05, 0) is 24.3 Å². The summed E-state index contributed by atoms with van der Waals surface area (Å²) in [5.41, 5.74) is 0.678. The van der Waals surface area contributed by atoms with Gasteiger partial charge >= 0.3 is 0 Å². The predicted molar refractivity (Wildman–Crippen MR) is 97.3 cm³/mol. The van der Waals surface area contributed by atoms with Crippen molar-refractivity contribution in [2.24, 2.45) is 14.1 Å². The molecule has 0 bridgehead atoms. The van der Waals surface area contributed by atoms with Crippen LogP contribution in [0.3, 0.4) is 0 Å². The molecular formula is C17H17ClN4O2S. The van der Waals surface area contributed by atoms with Gasteiger partial charge in [0.2, 0.25) is 0 Å². The van der Waals surface area contributed by atoms with Crippen molar-refractivity contribution in [2.75, 3.05) is 5.75 Å². The van der Waals surface area contributed by atoms with Crippen molar-refractivity contribution in [1.82, 2.24) is 19.3 Å². The quantitative estimate of drug-likeness (QED) is 0.467. The molecule has 8 heteroatoms. The van der Waals surface area contributed by atoms with E-state index in [-0.39, 0.29) is 12.4 Å². The topological polar surface area (TPSA) is 61.9 Å². The van der Waals surface area contributed by atoms with Gasteiger partial charge in [0.1, 0.15) is 12.4 Å². The third-order valence-corrected chi connectivity index (χ3v) is 5.01. The first-order valence-electron chi connectivity index (χ1n) is 7.59. The van der Waals surface area contributed by atoms with Gasteiger partial charge in [-0.2, -0.15) is 0 Å². The molecule has 0 fully saturated rings. The van der Waals surface area contributed by atoms with Gasteiger partial charge in [-0.1, -0.05) is 35.5 Å². The molecule has 1 aromatic carbocycles. The molecule has 0 aliphatic carbocycles. The van der Waals surface area contributed by atoms with E-state index in [0.717, 1.165) is 0 Å². The summed E-state index contributed by atoms with van der Waals surface area (Å²) in [5.74, 6) is 1.61. The Hall–Kier alpha value is -2.25. The minimum atomic E-state index is 0.0503. The molecule has 0 radical (unpaired) electrons. The lowest BCUT2D eigenvalue weighted by Gasteiger charge is -2.07. The van der Waals surface area contributed by atoms with E-state index >= 15 is 0 Å². The number of rotatable bonds is 7. The molecule has 2 heterocycles. The third-order valence-electron chi connectivity index (χ3n) is 3.68. The van der Waals surface area contributed by atoms with Crippen LogP contribution >= 0.6 is 23.4 Å². The van der Waals surface area contributed by atoms with Gasteiger partial charge in [-0.3, -0.25) is 4.79 Å². The molecule has 6 nitrogen and oxygen atoms in total. The summed E-state index contributed by atoms with van der Waals surface area (Å²) >= 11 is 7.42. The standard InChI is InChI=1S/C17H17ClN4O2S/c1-21-9-5-7-13(21)14(23)11-25-17-20-19-16(22(17)2)10-24-15-8-4-3-6-12(15)18/h3-9H,10-11H2,1-2H3. The highest BCUT2D eigenvalue weighted by Crippen LogP contribution is 2.24. The van der Waals surface area contributed by atoms with Crippen LogP contribution in [0.15, 0.2) is 47.8 Å². The fraction of sp³-hybridized carbons (Fsp3) is 0.235. The van der Waals surface area contributed by atoms with Crippen molar-refractivity contribution in [1.29, 1.82) is 0 Å². The first-order valence-corrected chi connectivity index (χ1v) is 8.95. The van der Waals surface area contributed by atoms with Crippen molar-refractivity contribution in [3.63, 3.8) is 0 Å². The number of nitrogens with zero attached hydrogens (tertiary/aromatic N) is 4. The Morgan fingerprint density at radius 2 is 2.00 bits per heavy atom. The highest BCUT2D eigenvalue weighted by Gasteiger charge is 2.14. The molecule has 0 unspecified atom stereocenters. The largest absolute Gasteiger partial charge is 0.484 e. The number of aromatic nitrogens is 4. The second-order valence-electron chi connectivity index (χ2n) is 5.39. The van der Waals surface area contributed by atoms with Crippen LogP contribution in [0.25, 0.3) is 0 Å². The van der Waals surface area contributed by atoms with Crippen LogP contribution in [0.2, 0.25) is 5.02 Å². The zero-order valence-electron chi connectivity index (χ0n) is 13.8. The second-order valence-corrected chi connectivity index (χ2v) is 6.74. The van der Waals surface area contributed by atoms with E-state index in [2.05, 4.69) is 10.2 Å². The third kappa shape index (κ3) is 4.05. The van der Waals surface area contributed by atoms with Gasteiger partial charge in [0, 0.05) is 20.3 Å². The van der Waals surface area contributed by atoms with E-state index in [0.29, 0.717) is 33.2 Å². The molecule has 0 saturated carbocycles. The molecule has 2 aromatic heterocycles. The lowest BCUT2D eigenvalue weighted by molar-refractivity contribution is 0.101. The summed E-state index contributed by atoms with van der Waals surface area (Å²) in [6, 6.07) is 10.9. The summed E-state index contributed by atoms with van der Waals surface area (Å²) in [5, 5.41) is 9.47. The van der Waals surface area contributed by atoms with Crippen LogP contribution in [0.1, 0.15) is 16.3 Å². The summed E-state index contributed by atoms with van der Waals surface area (Å²) in [6.45, 7) is 0.250. The van der Waals surface area contributed by atoms with Crippen LogP contribution in [0, 0.1) is 0 Å². The smallest absolute Gasteiger partial charge is 0.191 e. The number of carbonyl (C=O) groups excluding carboxylic acids is 1. The Balaban J connectivity index is 1.60. The number of Topliss-reactive ketones (excluding diaryl/α,β-unsaturated/α-hetero) is 1. The normalized spacial score (nSPS) is 10.8. The average Bonchev–Trinajstić information content (AvgIpc) is 3.18. The van der Waals surface area contributed by atoms with Gasteiger partial charge in [0.05, 0.1) is 16.5 Å². The van der Waals surface area contributed by atoms with Crippen LogP contribution in [0.5, 0.6) is 5.75 Å². The summed E-state index contributed by atoms with van der Waals surface area (Å²) in [7, 11) is 3.70. The molecule has 25 heavy (non-hydrogen) atoms. The molecule has 0 N–H and O–H groups in total. The number of hydrogen-bond acceptors (Lipinski definition) is 5. The number of halogens is 1. The molecule has 0 saturated heterocycles. The summed E-state index contributed by atoms with van der Waals surface area (Å²) in [4.78, 5) is 12.2. The number of aryl methyl sites for hydroxylation is 1. The zero-order chi connectivity index (χ0) is 17.8. The molecule has 3 rings (SSSR count). The average molecular weight is 377 g/mol. The van der Waals surface area contributed by atoms with Gasteiger partial charge in [-0.25, -0.2) is 0 Å². The fourth-order valence-corrected chi connectivity index (χ4v) is 3.25. The summed E-state index contributed by atoms with van der Waals surface area (Å²) < 4.78 is 9.31. The predicted octanol–water partition coefficient (Wildman–Crippen LogP) is 3.36. The number of ether oxygens (including phenoxy) is 1. The van der Waals surface area contributed by atoms with Gasteiger partial charge in [-0.15, -0.1) is 10.2 Å². The van der Waals surface area contributed by atoms with Gasteiger partial charge in [0.25, 0.3) is 0 Å². The van der Waals surface area contributed by atoms with Crippen molar-refractivity contribution in [2.45, 2.75) is 11.8 Å². The van der Waals surface area contributed by atoms with Gasteiger partial charge in [0.15, 0.2) is 16.8 Å². The lowest BCUT2D eigenvalue weighted by atomic mass is 10.3. The highest BCUT2D eigenvalue weighted by atomic mass is 35.5. The Kier molecular flexibility index (Phi) is 5.45. The first-order chi connectivity index (χ1) is 12.1. The molecule has 0 amide bonds. The van der Waals surface area contributed by atoms with Crippen LogP contribution in [-0.2, 0) is 20.7 Å². The van der Waals surface area contributed by atoms with E-state index in [1.807, 2.05) is 53.7 Å². The van der Waals surface area contributed by atoms with E-state index in [9.17, 15) is 4.79 Å². The van der Waals surface area contributed by atoms with Crippen molar-refractivity contribution < 1.29 is 9.53 Å². The van der Waals surface area contributed by atoms with Crippen molar-refractivity contribution in [3.05, 3.63) is 59.1 Å². The van der Waals surface area contributed by atoms with Crippen LogP contribution < -0.4 is 4.74 Å². The maximum absolute atomic E-state index is 12.2. The fourth-order valence-electron chi connectivity index (χ4n) is 2.26. The number of para-hydroxylation sites is 1. The number of benzene rings is 1. The van der Waals surface area contributed by atoms with E-state index in [1.54, 1.807) is 12.1 Å². The van der Waals surface area contributed by atoms with E-state index in [4.69, 9.17) is 16.3 Å². The molecule has 0 spiro atoms. The summed E-state index contributed by atoms with van der Waals surface area (Å²) in [6.07, 6.45) is 1.85. The second kappa shape index (κ2) is 7.76. The maximum atomic E-state index is 12.2. The molecule has 0 aliphatic rings. The number of carbonyl (C=O) groups is 1. The van der Waals surface area contributed by atoms with Gasteiger partial charge < -0.3 is 13.9 Å². The molecular weight excluding hydrogens is 360 g/mol. The molecule has 0 aliphatic heterocycles. The van der Waals surface area contributed by atoms with Crippen molar-refractivity contribution in [3.8, 4) is 5.75 Å². The van der Waals surface area contributed by atoms with Crippen LogP contribution in [0.4, 0.5) is 0 Å². The number of hydrogen-bond donors (Lipinski definition) is 0. The minimum absolute atomic E-state index is 0.0503. The maximum Gasteiger partial charge on any atom is 0.191 e. The van der Waals surface area contributed by atoms with Crippen molar-refractivity contribution >= 4 is 29.1 Å². The molecule has 0 atom stereocenters. The Bertz CT molecular complexity index is 890. The molecule has 3 aromatic rings. The zero-order valence-corrected chi connectivity index (χ0v) is 15.4. The highest BCUT2D eigenvalue weighted by molar-refractivity contribution is 7.99. The van der Waals surface area contributed by atoms with E-state index < -0.39 is 0 Å². The Labute approximate surface area is 154 Å². The Morgan fingerprint density at radius 3 is 2.72 bits per heavy atom. The lowest BCUT2D eigenvalue weighted by Crippen LogP contribution is -2.09. The SMILES string of the molecule is Cn1cccc1C(=O)CSc1nnc(COc2ccccc2Cl)n1C. The van der Waals surface area contributed by atoms with Crippen LogP contribution in [-0.4, -0.2) is 30.9 Å². The minimum Gasteiger partial charge on any atom is -0.484 e. The monoisotopic (exact) mass is 376 g/mol. The first kappa shape index (κ1) is 17.6.